The standard InChI is InChI=1S/C21H18BrFN2O/c22-16-10-5-11-17-19(20(16)23)21(15-8-4-9-15)25(13-24-17)18(12-26)14-6-2-1-3-7-14/h1-3,5-7,11-13,18H,4,8-10H2. The van der Waals surface area contributed by atoms with Gasteiger partial charge in [-0.3, -0.25) is 0 Å². The molecule has 132 valence electrons. The molecule has 1 aromatic carbocycles. The number of carbonyl (C=O) groups is 1. The lowest BCUT2D eigenvalue weighted by Crippen LogP contribution is -2.33. The number of carbonyl (C=O) groups excluding carboxylic acids is 1. The van der Waals surface area contributed by atoms with E-state index in [0.29, 0.717) is 22.2 Å². The fraction of sp³-hybridized carbons (Fsp3) is 0.238. The van der Waals surface area contributed by atoms with Crippen LogP contribution in [0.5, 0.6) is 0 Å². The maximum absolute atomic E-state index is 15.2. The number of hydrogen-bond acceptors (Lipinski definition) is 3. The van der Waals surface area contributed by atoms with E-state index in [1.54, 1.807) is 6.34 Å². The van der Waals surface area contributed by atoms with Gasteiger partial charge in [-0.2, -0.15) is 0 Å². The normalized spacial score (nSPS) is 20.8. The molecule has 0 bridgehead atoms. The zero-order valence-electron chi connectivity index (χ0n) is 14.2. The van der Waals surface area contributed by atoms with Crippen molar-refractivity contribution >= 4 is 28.6 Å². The zero-order chi connectivity index (χ0) is 18.1. The van der Waals surface area contributed by atoms with Gasteiger partial charge < -0.3 is 9.69 Å². The van der Waals surface area contributed by atoms with Crippen molar-refractivity contribution in [3.8, 4) is 0 Å². The highest BCUT2D eigenvalue weighted by atomic mass is 79.9. The van der Waals surface area contributed by atoms with Gasteiger partial charge in [0.1, 0.15) is 18.2 Å². The van der Waals surface area contributed by atoms with Crippen LogP contribution in [-0.4, -0.2) is 17.5 Å². The number of allylic oxidation sites excluding steroid dienone is 5. The Balaban J connectivity index is 1.87. The van der Waals surface area contributed by atoms with Crippen molar-refractivity contribution in [3.63, 3.8) is 0 Å². The molecule has 0 N–H and O–H groups in total. The van der Waals surface area contributed by atoms with Crippen LogP contribution in [0.25, 0.3) is 0 Å². The van der Waals surface area contributed by atoms with Crippen molar-refractivity contribution < 1.29 is 9.18 Å². The van der Waals surface area contributed by atoms with E-state index >= 15 is 4.39 Å². The number of aliphatic imine (C=N–C) groups is 1. The highest BCUT2D eigenvalue weighted by Gasteiger charge is 2.34. The Bertz CT molecular complexity index is 890. The molecule has 0 saturated heterocycles. The number of benzene rings is 1. The van der Waals surface area contributed by atoms with E-state index in [4.69, 9.17) is 0 Å². The molecule has 0 aromatic heterocycles. The Morgan fingerprint density at radius 1 is 1.23 bits per heavy atom. The third kappa shape index (κ3) is 2.90. The second-order valence-corrected chi connectivity index (χ2v) is 7.49. The van der Waals surface area contributed by atoms with Crippen molar-refractivity contribution in [1.29, 1.82) is 0 Å². The van der Waals surface area contributed by atoms with Crippen molar-refractivity contribution in [2.75, 3.05) is 0 Å². The van der Waals surface area contributed by atoms with Crippen molar-refractivity contribution in [2.45, 2.75) is 31.7 Å². The van der Waals surface area contributed by atoms with Gasteiger partial charge in [-0.25, -0.2) is 9.38 Å². The molecule has 1 fully saturated rings. The van der Waals surface area contributed by atoms with Crippen LogP contribution < -0.4 is 0 Å². The maximum atomic E-state index is 15.2. The Morgan fingerprint density at radius 2 is 2.00 bits per heavy atom. The van der Waals surface area contributed by atoms with E-state index < -0.39 is 6.04 Å². The number of halogens is 2. The van der Waals surface area contributed by atoms with Crippen LogP contribution in [0.4, 0.5) is 4.39 Å². The molecule has 1 atom stereocenters. The molecular weight excluding hydrogens is 395 g/mol. The van der Waals surface area contributed by atoms with E-state index in [0.717, 1.165) is 36.8 Å². The molecule has 0 spiro atoms. The van der Waals surface area contributed by atoms with Crippen LogP contribution in [0.15, 0.2) is 80.3 Å². The summed E-state index contributed by atoms with van der Waals surface area (Å²) in [6.07, 6.45) is 9.75. The molecule has 2 aliphatic carbocycles. The summed E-state index contributed by atoms with van der Waals surface area (Å²) in [5, 5.41) is 0. The summed E-state index contributed by atoms with van der Waals surface area (Å²) in [6.45, 7) is 0. The third-order valence-corrected chi connectivity index (χ3v) is 5.64. The summed E-state index contributed by atoms with van der Waals surface area (Å²) in [6, 6.07) is 9.01. The molecule has 1 heterocycles. The second-order valence-electron chi connectivity index (χ2n) is 6.53. The molecule has 0 radical (unpaired) electrons. The van der Waals surface area contributed by atoms with Gasteiger partial charge >= 0.3 is 0 Å². The molecule has 26 heavy (non-hydrogen) atoms. The molecule has 1 aromatic rings. The zero-order valence-corrected chi connectivity index (χ0v) is 15.7. The summed E-state index contributed by atoms with van der Waals surface area (Å²) >= 11 is 3.36. The van der Waals surface area contributed by atoms with Crippen LogP contribution in [0, 0.1) is 0 Å². The van der Waals surface area contributed by atoms with Crippen LogP contribution in [0.1, 0.15) is 37.3 Å². The lowest BCUT2D eigenvalue weighted by molar-refractivity contribution is -0.111. The topological polar surface area (TPSA) is 32.7 Å². The molecule has 4 rings (SSSR count). The minimum atomic E-state index is -0.532. The highest BCUT2D eigenvalue weighted by Crippen LogP contribution is 2.44. The van der Waals surface area contributed by atoms with Crippen molar-refractivity contribution in [3.05, 3.63) is 80.9 Å². The highest BCUT2D eigenvalue weighted by molar-refractivity contribution is 9.11. The maximum Gasteiger partial charge on any atom is 0.147 e. The van der Waals surface area contributed by atoms with E-state index in [9.17, 15) is 4.79 Å². The summed E-state index contributed by atoms with van der Waals surface area (Å²) in [4.78, 5) is 18.3. The first-order valence-electron chi connectivity index (χ1n) is 8.71. The van der Waals surface area contributed by atoms with Gasteiger partial charge in [0.25, 0.3) is 0 Å². The minimum Gasteiger partial charge on any atom is -0.317 e. The van der Waals surface area contributed by atoms with E-state index in [2.05, 4.69) is 20.9 Å². The summed E-state index contributed by atoms with van der Waals surface area (Å²) < 4.78 is 15.7. The summed E-state index contributed by atoms with van der Waals surface area (Å²) in [7, 11) is 0. The third-order valence-electron chi connectivity index (χ3n) is 4.96. The van der Waals surface area contributed by atoms with Gasteiger partial charge in [0, 0.05) is 10.9 Å². The number of nitrogens with zero attached hydrogens (tertiary/aromatic N) is 2. The van der Waals surface area contributed by atoms with Gasteiger partial charge in [-0.15, -0.1) is 0 Å². The summed E-state index contributed by atoms with van der Waals surface area (Å²) in [5.74, 6) is -0.293. The van der Waals surface area contributed by atoms with Crippen LogP contribution >= 0.6 is 15.9 Å². The van der Waals surface area contributed by atoms with E-state index in [1.165, 1.54) is 5.57 Å². The van der Waals surface area contributed by atoms with Gasteiger partial charge in [-0.05, 0) is 36.5 Å². The SMILES string of the molecule is O=CC(c1ccccc1)N1C=NC2=C(C(F)=C(Br)CC=C2)C1=C1CCC1. The van der Waals surface area contributed by atoms with Crippen LogP contribution in [0.2, 0.25) is 0 Å². The first-order valence-corrected chi connectivity index (χ1v) is 9.50. The van der Waals surface area contributed by atoms with Gasteiger partial charge in [-0.1, -0.05) is 52.3 Å². The minimum absolute atomic E-state index is 0.293. The van der Waals surface area contributed by atoms with Gasteiger partial charge in [0.15, 0.2) is 0 Å². The Morgan fingerprint density at radius 3 is 2.65 bits per heavy atom. The first kappa shape index (κ1) is 17.2. The second kappa shape index (κ2) is 7.16. The quantitative estimate of drug-likeness (QED) is 0.614. The van der Waals surface area contributed by atoms with E-state index in [1.807, 2.05) is 47.4 Å². The molecule has 0 amide bonds. The molecule has 3 nitrogen and oxygen atoms in total. The van der Waals surface area contributed by atoms with Crippen molar-refractivity contribution in [2.24, 2.45) is 4.99 Å². The molecule has 1 aliphatic heterocycles. The molecule has 5 heteroatoms. The van der Waals surface area contributed by atoms with Crippen LogP contribution in [-0.2, 0) is 4.79 Å². The molecular formula is C21H18BrFN2O. The predicted octanol–water partition coefficient (Wildman–Crippen LogP) is 5.50. The fourth-order valence-corrected chi connectivity index (χ4v) is 3.84. The summed E-state index contributed by atoms with van der Waals surface area (Å²) in [5.41, 5.74) is 3.94. The Labute approximate surface area is 160 Å². The lowest BCUT2D eigenvalue weighted by atomic mass is 9.85. The van der Waals surface area contributed by atoms with Gasteiger partial charge in [0.2, 0.25) is 0 Å². The average Bonchev–Trinajstić information content (AvgIpc) is 2.76. The van der Waals surface area contributed by atoms with E-state index in [-0.39, 0.29) is 5.83 Å². The monoisotopic (exact) mass is 412 g/mol. The molecule has 1 saturated carbocycles. The lowest BCUT2D eigenvalue weighted by Gasteiger charge is -2.36. The van der Waals surface area contributed by atoms with Crippen LogP contribution in [0.3, 0.4) is 0 Å². The Kier molecular flexibility index (Phi) is 4.72. The van der Waals surface area contributed by atoms with Crippen molar-refractivity contribution in [1.82, 2.24) is 4.90 Å². The number of hydrogen-bond donors (Lipinski definition) is 0. The largest absolute Gasteiger partial charge is 0.317 e. The number of aldehydes is 1. The fourth-order valence-electron chi connectivity index (χ4n) is 3.45. The number of rotatable bonds is 3. The van der Waals surface area contributed by atoms with Gasteiger partial charge in [0.05, 0.1) is 23.3 Å². The average molecular weight is 413 g/mol. The predicted molar refractivity (Wildman–Crippen MR) is 104 cm³/mol. The smallest absolute Gasteiger partial charge is 0.147 e. The molecule has 1 unspecified atom stereocenters. The molecule has 3 aliphatic rings. The Hall–Kier alpha value is -2.27. The first-order chi connectivity index (χ1) is 12.7.